The highest BCUT2D eigenvalue weighted by molar-refractivity contribution is 5.81. The first-order chi connectivity index (χ1) is 7.54. The van der Waals surface area contributed by atoms with Gasteiger partial charge in [-0.1, -0.05) is 19.8 Å². The first-order valence-corrected chi connectivity index (χ1v) is 6.02. The van der Waals surface area contributed by atoms with E-state index in [-0.39, 0.29) is 12.1 Å². The minimum Gasteiger partial charge on any atom is -0.330 e. The number of amides is 1. The molecule has 0 aliphatic carbocycles. The van der Waals surface area contributed by atoms with Crippen molar-refractivity contribution in [3.05, 3.63) is 0 Å². The van der Waals surface area contributed by atoms with Gasteiger partial charge in [0.25, 0.3) is 0 Å². The van der Waals surface area contributed by atoms with E-state index in [4.69, 9.17) is 17.2 Å². The van der Waals surface area contributed by atoms with Crippen molar-refractivity contribution in [2.24, 2.45) is 17.2 Å². The Balaban J connectivity index is 4.00. The molecule has 0 heterocycles. The lowest BCUT2D eigenvalue weighted by atomic mass is 10.1. The van der Waals surface area contributed by atoms with Gasteiger partial charge in [-0.3, -0.25) is 4.79 Å². The maximum atomic E-state index is 11.8. The Bertz CT molecular complexity index is 198. The van der Waals surface area contributed by atoms with Crippen molar-refractivity contribution < 1.29 is 4.79 Å². The number of unbranched alkanes of at least 4 members (excludes halogenated alkanes) is 1. The van der Waals surface area contributed by atoms with Gasteiger partial charge in [-0.15, -0.1) is 0 Å². The molecule has 0 rings (SSSR count). The highest BCUT2D eigenvalue weighted by Crippen LogP contribution is 2.05. The molecule has 0 aromatic carbocycles. The van der Waals surface area contributed by atoms with Crippen molar-refractivity contribution in [1.82, 2.24) is 4.90 Å². The average molecular weight is 230 g/mol. The summed E-state index contributed by atoms with van der Waals surface area (Å²) < 4.78 is 0. The summed E-state index contributed by atoms with van der Waals surface area (Å²) in [7, 11) is 1.71. The quantitative estimate of drug-likeness (QED) is 0.403. The van der Waals surface area contributed by atoms with Gasteiger partial charge in [0, 0.05) is 7.05 Å². The van der Waals surface area contributed by atoms with Gasteiger partial charge in [0.05, 0.1) is 12.2 Å². The molecule has 1 unspecified atom stereocenters. The van der Waals surface area contributed by atoms with Gasteiger partial charge in [-0.25, -0.2) is 0 Å². The van der Waals surface area contributed by atoms with Gasteiger partial charge in [-0.05, 0) is 25.8 Å². The van der Waals surface area contributed by atoms with Crippen LogP contribution in [-0.4, -0.2) is 36.6 Å². The normalized spacial score (nSPS) is 14.6. The third kappa shape index (κ3) is 5.44. The van der Waals surface area contributed by atoms with Crippen molar-refractivity contribution in [2.75, 3.05) is 13.6 Å². The highest BCUT2D eigenvalue weighted by Gasteiger charge is 2.21. The Labute approximate surface area is 98.3 Å². The van der Waals surface area contributed by atoms with E-state index in [0.717, 1.165) is 25.7 Å². The van der Waals surface area contributed by atoms with E-state index >= 15 is 0 Å². The summed E-state index contributed by atoms with van der Waals surface area (Å²) in [4.78, 5) is 13.4. The molecule has 0 aliphatic rings. The van der Waals surface area contributed by atoms with Crippen LogP contribution in [0.3, 0.4) is 0 Å². The second-order valence-electron chi connectivity index (χ2n) is 4.20. The number of carbonyl (C=O) groups is 1. The maximum Gasteiger partial charge on any atom is 0.240 e. The molecule has 1 amide bonds. The fourth-order valence-electron chi connectivity index (χ4n) is 1.55. The number of hydrogen-bond donors (Lipinski definition) is 3. The van der Waals surface area contributed by atoms with E-state index in [1.807, 2.05) is 6.92 Å². The molecule has 0 fully saturated rings. The maximum absolute atomic E-state index is 11.8. The van der Waals surface area contributed by atoms with Crippen LogP contribution in [0.4, 0.5) is 0 Å². The monoisotopic (exact) mass is 230 g/mol. The number of nitrogens with zero attached hydrogens (tertiary/aromatic N) is 1. The minimum absolute atomic E-state index is 0.0713. The van der Waals surface area contributed by atoms with Gasteiger partial charge >= 0.3 is 0 Å². The third-order valence-electron chi connectivity index (χ3n) is 2.72. The molecule has 0 spiro atoms. The smallest absolute Gasteiger partial charge is 0.240 e. The Morgan fingerprint density at radius 1 is 1.25 bits per heavy atom. The van der Waals surface area contributed by atoms with E-state index in [1.165, 1.54) is 0 Å². The summed E-state index contributed by atoms with van der Waals surface area (Å²) in [6.07, 6.45) is 4.02. The lowest BCUT2D eigenvalue weighted by Crippen LogP contribution is -2.49. The molecule has 0 aromatic rings. The van der Waals surface area contributed by atoms with Crippen LogP contribution < -0.4 is 17.2 Å². The van der Waals surface area contributed by atoms with Crippen molar-refractivity contribution in [3.63, 3.8) is 0 Å². The topological polar surface area (TPSA) is 98.4 Å². The van der Waals surface area contributed by atoms with Crippen LogP contribution in [0.1, 0.15) is 39.0 Å². The Morgan fingerprint density at radius 2 is 1.88 bits per heavy atom. The number of likely N-dealkylation sites (N-methyl/N-ethyl adjacent to an activating group) is 1. The fourth-order valence-corrected chi connectivity index (χ4v) is 1.55. The summed E-state index contributed by atoms with van der Waals surface area (Å²) in [5.74, 6) is -0.0713. The first kappa shape index (κ1) is 15.3. The second-order valence-corrected chi connectivity index (χ2v) is 4.20. The minimum atomic E-state index is -0.445. The molecule has 0 aliphatic heterocycles. The average Bonchev–Trinajstić information content (AvgIpc) is 2.27. The first-order valence-electron chi connectivity index (χ1n) is 6.02. The standard InChI is InChI=1S/C11H26N4O/c1-3-6-10(14)15(2)11(16)9(13)7-4-5-8-12/h9-10H,3-8,12-14H2,1-2H3/t9-,10?/m0/s1. The van der Waals surface area contributed by atoms with Crippen molar-refractivity contribution in [2.45, 2.75) is 51.2 Å². The van der Waals surface area contributed by atoms with E-state index in [0.29, 0.717) is 13.0 Å². The summed E-state index contributed by atoms with van der Waals surface area (Å²) in [6.45, 7) is 2.69. The molecular formula is C11H26N4O. The molecule has 16 heavy (non-hydrogen) atoms. The van der Waals surface area contributed by atoms with Crippen LogP contribution in [0.25, 0.3) is 0 Å². The molecule has 2 atom stereocenters. The Morgan fingerprint density at radius 3 is 2.38 bits per heavy atom. The van der Waals surface area contributed by atoms with E-state index in [9.17, 15) is 4.79 Å². The van der Waals surface area contributed by atoms with Gasteiger partial charge in [0.15, 0.2) is 0 Å². The van der Waals surface area contributed by atoms with Gasteiger partial charge in [0.2, 0.25) is 5.91 Å². The third-order valence-corrected chi connectivity index (χ3v) is 2.72. The summed E-state index contributed by atoms with van der Waals surface area (Å²) >= 11 is 0. The zero-order chi connectivity index (χ0) is 12.6. The molecule has 5 nitrogen and oxygen atoms in total. The molecule has 6 N–H and O–H groups in total. The fraction of sp³-hybridized carbons (Fsp3) is 0.909. The predicted octanol–water partition coefficient (Wildman–Crippen LogP) is -0.0140. The molecule has 0 saturated heterocycles. The van der Waals surface area contributed by atoms with Crippen LogP contribution in [0.15, 0.2) is 0 Å². The summed E-state index contributed by atoms with van der Waals surface area (Å²) in [6, 6.07) is -0.445. The second kappa shape index (κ2) is 8.50. The van der Waals surface area contributed by atoms with Crippen molar-refractivity contribution in [3.8, 4) is 0 Å². The largest absolute Gasteiger partial charge is 0.330 e. The predicted molar refractivity (Wildman–Crippen MR) is 66.5 cm³/mol. The van der Waals surface area contributed by atoms with Crippen LogP contribution in [0.5, 0.6) is 0 Å². The van der Waals surface area contributed by atoms with Gasteiger partial charge in [0.1, 0.15) is 0 Å². The molecule has 0 aromatic heterocycles. The number of nitrogens with two attached hydrogens (primary N) is 3. The van der Waals surface area contributed by atoms with Crippen LogP contribution in [0, 0.1) is 0 Å². The van der Waals surface area contributed by atoms with E-state index in [1.54, 1.807) is 11.9 Å². The SMILES string of the molecule is CCCC(N)N(C)C(=O)[C@@H](N)CCCCN. The number of hydrogen-bond acceptors (Lipinski definition) is 4. The zero-order valence-corrected chi connectivity index (χ0v) is 10.5. The molecule has 96 valence electrons. The molecular weight excluding hydrogens is 204 g/mol. The van der Waals surface area contributed by atoms with Crippen molar-refractivity contribution in [1.29, 1.82) is 0 Å². The van der Waals surface area contributed by atoms with Gasteiger partial charge < -0.3 is 22.1 Å². The number of carbonyl (C=O) groups excluding carboxylic acids is 1. The van der Waals surface area contributed by atoms with Crippen LogP contribution in [-0.2, 0) is 4.79 Å². The Kier molecular flexibility index (Phi) is 8.15. The van der Waals surface area contributed by atoms with E-state index in [2.05, 4.69) is 0 Å². The van der Waals surface area contributed by atoms with E-state index < -0.39 is 6.04 Å². The molecule has 0 bridgehead atoms. The lowest BCUT2D eigenvalue weighted by molar-refractivity contribution is -0.133. The molecule has 0 radical (unpaired) electrons. The summed E-state index contributed by atoms with van der Waals surface area (Å²) in [5, 5.41) is 0. The molecule has 5 heteroatoms. The molecule has 0 saturated carbocycles. The van der Waals surface area contributed by atoms with Crippen LogP contribution >= 0.6 is 0 Å². The van der Waals surface area contributed by atoms with Gasteiger partial charge in [-0.2, -0.15) is 0 Å². The van der Waals surface area contributed by atoms with Crippen molar-refractivity contribution >= 4 is 5.91 Å². The van der Waals surface area contributed by atoms with Crippen LogP contribution in [0.2, 0.25) is 0 Å². The lowest BCUT2D eigenvalue weighted by Gasteiger charge is -2.27. The summed E-state index contributed by atoms with van der Waals surface area (Å²) in [5.41, 5.74) is 17.0. The Hall–Kier alpha value is -0.650. The zero-order valence-electron chi connectivity index (χ0n) is 10.5. The number of rotatable bonds is 8. The highest BCUT2D eigenvalue weighted by atomic mass is 16.2.